The van der Waals surface area contributed by atoms with Gasteiger partial charge in [-0.1, -0.05) is 42.5 Å². The second-order valence-electron chi connectivity index (χ2n) is 6.37. The van der Waals surface area contributed by atoms with E-state index in [-0.39, 0.29) is 11.8 Å². The van der Waals surface area contributed by atoms with Crippen molar-refractivity contribution in [2.24, 2.45) is 0 Å². The van der Waals surface area contributed by atoms with E-state index in [1.165, 1.54) is 0 Å². The van der Waals surface area contributed by atoms with Gasteiger partial charge in [0.25, 0.3) is 11.8 Å². The van der Waals surface area contributed by atoms with E-state index in [4.69, 9.17) is 4.74 Å². The summed E-state index contributed by atoms with van der Waals surface area (Å²) in [4.78, 5) is 25.0. The van der Waals surface area contributed by atoms with Crippen molar-refractivity contribution in [3.63, 3.8) is 0 Å². The molecule has 0 spiro atoms. The van der Waals surface area contributed by atoms with Crippen molar-refractivity contribution in [1.29, 1.82) is 0 Å². The van der Waals surface area contributed by atoms with Crippen LogP contribution in [0.1, 0.15) is 22.0 Å². The van der Waals surface area contributed by atoms with Crippen molar-refractivity contribution >= 4 is 23.2 Å². The zero-order chi connectivity index (χ0) is 20.6. The van der Waals surface area contributed by atoms with Crippen LogP contribution in [0, 0.1) is 0 Å². The van der Waals surface area contributed by atoms with Gasteiger partial charge in [-0.3, -0.25) is 9.59 Å². The molecule has 0 radical (unpaired) electrons. The van der Waals surface area contributed by atoms with E-state index < -0.39 is 6.04 Å². The Balaban J connectivity index is 1.87. The maximum absolute atomic E-state index is 13.1. The van der Waals surface area contributed by atoms with Crippen LogP contribution in [0.3, 0.4) is 0 Å². The number of carbonyl (C=O) groups is 2. The SMILES string of the molecule is CNC(=O)c1cccc(N[C@H](C(=O)Nc2cccc(OC)c2)c2ccccc2)c1. The molecule has 6 heteroatoms. The molecule has 29 heavy (non-hydrogen) atoms. The highest BCUT2D eigenvalue weighted by molar-refractivity contribution is 5.98. The molecule has 3 aromatic rings. The fraction of sp³-hybridized carbons (Fsp3) is 0.130. The fourth-order valence-corrected chi connectivity index (χ4v) is 2.92. The Morgan fingerprint density at radius 2 is 1.59 bits per heavy atom. The zero-order valence-electron chi connectivity index (χ0n) is 16.3. The molecule has 0 heterocycles. The van der Waals surface area contributed by atoms with E-state index in [2.05, 4.69) is 16.0 Å². The molecule has 6 nitrogen and oxygen atoms in total. The number of benzene rings is 3. The van der Waals surface area contributed by atoms with Gasteiger partial charge >= 0.3 is 0 Å². The first-order chi connectivity index (χ1) is 14.1. The zero-order valence-corrected chi connectivity index (χ0v) is 16.3. The van der Waals surface area contributed by atoms with E-state index >= 15 is 0 Å². The average molecular weight is 389 g/mol. The summed E-state index contributed by atoms with van der Waals surface area (Å²) in [6, 6.07) is 23.0. The lowest BCUT2D eigenvalue weighted by molar-refractivity contribution is -0.117. The molecule has 3 N–H and O–H groups in total. The second kappa shape index (κ2) is 9.41. The van der Waals surface area contributed by atoms with Gasteiger partial charge in [0.2, 0.25) is 0 Å². The summed E-state index contributed by atoms with van der Waals surface area (Å²) in [5, 5.41) is 8.77. The first kappa shape index (κ1) is 19.9. The summed E-state index contributed by atoms with van der Waals surface area (Å²) in [5.41, 5.74) is 2.62. The van der Waals surface area contributed by atoms with Crippen molar-refractivity contribution in [2.75, 3.05) is 24.8 Å². The van der Waals surface area contributed by atoms with E-state index in [9.17, 15) is 9.59 Å². The van der Waals surface area contributed by atoms with Crippen molar-refractivity contribution in [3.8, 4) is 5.75 Å². The fourth-order valence-electron chi connectivity index (χ4n) is 2.92. The topological polar surface area (TPSA) is 79.5 Å². The molecule has 0 unspecified atom stereocenters. The molecule has 0 aliphatic rings. The number of anilines is 2. The Morgan fingerprint density at radius 1 is 0.862 bits per heavy atom. The molecular formula is C23H23N3O3. The maximum Gasteiger partial charge on any atom is 0.251 e. The maximum atomic E-state index is 13.1. The van der Waals surface area contributed by atoms with Gasteiger partial charge in [0.05, 0.1) is 7.11 Å². The second-order valence-corrected chi connectivity index (χ2v) is 6.37. The highest BCUT2D eigenvalue weighted by Crippen LogP contribution is 2.24. The van der Waals surface area contributed by atoms with Gasteiger partial charge in [0.15, 0.2) is 0 Å². The van der Waals surface area contributed by atoms with Crippen molar-refractivity contribution in [3.05, 3.63) is 90.0 Å². The minimum atomic E-state index is -0.651. The highest BCUT2D eigenvalue weighted by atomic mass is 16.5. The molecule has 0 saturated carbocycles. The lowest BCUT2D eigenvalue weighted by Gasteiger charge is -2.20. The first-order valence-corrected chi connectivity index (χ1v) is 9.19. The van der Waals surface area contributed by atoms with Crippen LogP contribution in [-0.4, -0.2) is 26.0 Å². The van der Waals surface area contributed by atoms with Crippen LogP contribution in [0.15, 0.2) is 78.9 Å². The lowest BCUT2D eigenvalue weighted by Crippen LogP contribution is -2.27. The molecule has 3 rings (SSSR count). The van der Waals surface area contributed by atoms with Gasteiger partial charge in [-0.2, -0.15) is 0 Å². The lowest BCUT2D eigenvalue weighted by atomic mass is 10.0. The van der Waals surface area contributed by atoms with Crippen LogP contribution >= 0.6 is 0 Å². The molecule has 148 valence electrons. The van der Waals surface area contributed by atoms with Gasteiger partial charge in [0, 0.05) is 30.1 Å². The number of amides is 2. The summed E-state index contributed by atoms with van der Waals surface area (Å²) < 4.78 is 5.22. The van der Waals surface area contributed by atoms with Crippen LogP contribution in [0.2, 0.25) is 0 Å². The molecule has 0 aliphatic heterocycles. The molecule has 3 aromatic carbocycles. The Labute approximate surface area is 169 Å². The van der Waals surface area contributed by atoms with Gasteiger partial charge < -0.3 is 20.7 Å². The van der Waals surface area contributed by atoms with Crippen molar-refractivity contribution in [2.45, 2.75) is 6.04 Å². The van der Waals surface area contributed by atoms with Gasteiger partial charge in [0.1, 0.15) is 11.8 Å². The number of carbonyl (C=O) groups excluding carboxylic acids is 2. The third-order valence-corrected chi connectivity index (χ3v) is 4.40. The van der Waals surface area contributed by atoms with Crippen LogP contribution in [0.4, 0.5) is 11.4 Å². The van der Waals surface area contributed by atoms with E-state index in [1.54, 1.807) is 44.5 Å². The highest BCUT2D eigenvalue weighted by Gasteiger charge is 2.21. The molecular weight excluding hydrogens is 366 g/mol. The summed E-state index contributed by atoms with van der Waals surface area (Å²) in [5.74, 6) is 0.242. The minimum Gasteiger partial charge on any atom is -0.497 e. The molecule has 2 amide bonds. The van der Waals surface area contributed by atoms with Crippen molar-refractivity contribution in [1.82, 2.24) is 5.32 Å². The molecule has 0 aliphatic carbocycles. The molecule has 0 aromatic heterocycles. The molecule has 0 fully saturated rings. The standard InChI is InChI=1S/C23H23N3O3/c1-24-22(27)17-10-6-11-18(14-17)25-21(16-8-4-3-5-9-16)23(28)26-19-12-7-13-20(15-19)29-2/h3-15,21,25H,1-2H3,(H,24,27)(H,26,28)/t21-/m0/s1. The summed E-state index contributed by atoms with van der Waals surface area (Å²) in [7, 11) is 3.16. The Hall–Kier alpha value is -3.80. The third kappa shape index (κ3) is 5.13. The number of rotatable bonds is 7. The smallest absolute Gasteiger partial charge is 0.251 e. The third-order valence-electron chi connectivity index (χ3n) is 4.40. The van der Waals surface area contributed by atoms with Crippen LogP contribution in [0.25, 0.3) is 0 Å². The van der Waals surface area contributed by atoms with E-state index in [0.717, 1.165) is 5.56 Å². The van der Waals surface area contributed by atoms with E-state index in [0.29, 0.717) is 22.7 Å². The Bertz CT molecular complexity index is 989. The van der Waals surface area contributed by atoms with E-state index in [1.807, 2.05) is 48.5 Å². The number of methoxy groups -OCH3 is 1. The number of hydrogen-bond acceptors (Lipinski definition) is 4. The predicted octanol–water partition coefficient (Wildman–Crippen LogP) is 3.85. The van der Waals surface area contributed by atoms with Crippen LogP contribution in [0.5, 0.6) is 5.75 Å². The monoisotopic (exact) mass is 389 g/mol. The minimum absolute atomic E-state index is 0.189. The number of hydrogen-bond donors (Lipinski definition) is 3. The van der Waals surface area contributed by atoms with Gasteiger partial charge in [-0.05, 0) is 35.9 Å². The largest absolute Gasteiger partial charge is 0.497 e. The molecule has 0 bridgehead atoms. The number of nitrogens with one attached hydrogen (secondary N) is 3. The van der Waals surface area contributed by atoms with Gasteiger partial charge in [-0.25, -0.2) is 0 Å². The summed E-state index contributed by atoms with van der Waals surface area (Å²) >= 11 is 0. The Kier molecular flexibility index (Phi) is 6.47. The molecule has 1 atom stereocenters. The normalized spacial score (nSPS) is 11.2. The molecule has 0 saturated heterocycles. The van der Waals surface area contributed by atoms with Gasteiger partial charge in [-0.15, -0.1) is 0 Å². The average Bonchev–Trinajstić information content (AvgIpc) is 2.77. The van der Waals surface area contributed by atoms with Crippen LogP contribution in [-0.2, 0) is 4.79 Å². The van der Waals surface area contributed by atoms with Crippen molar-refractivity contribution < 1.29 is 14.3 Å². The number of ether oxygens (including phenoxy) is 1. The predicted molar refractivity (Wildman–Crippen MR) is 114 cm³/mol. The summed E-state index contributed by atoms with van der Waals surface area (Å²) in [6.07, 6.45) is 0. The quantitative estimate of drug-likeness (QED) is 0.574. The first-order valence-electron chi connectivity index (χ1n) is 9.19. The van der Waals surface area contributed by atoms with Crippen LogP contribution < -0.4 is 20.7 Å². The summed E-state index contributed by atoms with van der Waals surface area (Å²) in [6.45, 7) is 0. The Morgan fingerprint density at radius 3 is 2.31 bits per heavy atom.